The van der Waals surface area contributed by atoms with Crippen molar-refractivity contribution in [3.8, 4) is 5.88 Å². The van der Waals surface area contributed by atoms with E-state index in [1.807, 2.05) is 26.8 Å². The maximum atomic E-state index is 12.2. The minimum atomic E-state index is -0.763. The number of pyridine rings is 3. The molecule has 0 amide bonds. The molecule has 0 saturated heterocycles. The van der Waals surface area contributed by atoms with E-state index >= 15 is 0 Å². The summed E-state index contributed by atoms with van der Waals surface area (Å²) in [6.45, 7) is 6.06. The van der Waals surface area contributed by atoms with Crippen LogP contribution in [0.25, 0.3) is 10.8 Å². The number of nitrogens with zero attached hydrogens (tertiary/aromatic N) is 3. The third-order valence-corrected chi connectivity index (χ3v) is 5.82. The van der Waals surface area contributed by atoms with Crippen LogP contribution in [0, 0.1) is 0 Å². The summed E-state index contributed by atoms with van der Waals surface area (Å²) in [7, 11) is 3.17. The van der Waals surface area contributed by atoms with Gasteiger partial charge in [0.1, 0.15) is 17.7 Å². The number of esters is 1. The zero-order valence-electron chi connectivity index (χ0n) is 18.8. The molecule has 9 heteroatoms. The predicted molar refractivity (Wildman–Crippen MR) is 120 cm³/mol. The Balaban J connectivity index is 1.75. The van der Waals surface area contributed by atoms with Crippen molar-refractivity contribution in [2.24, 2.45) is 5.73 Å². The summed E-state index contributed by atoms with van der Waals surface area (Å²) < 4.78 is 16.1. The van der Waals surface area contributed by atoms with Crippen LogP contribution < -0.4 is 15.8 Å². The molecule has 0 saturated carbocycles. The van der Waals surface area contributed by atoms with E-state index in [1.54, 1.807) is 38.7 Å². The van der Waals surface area contributed by atoms with Gasteiger partial charge in [-0.15, -0.1) is 0 Å². The summed E-state index contributed by atoms with van der Waals surface area (Å²) in [6.07, 6.45) is 3.16. The summed E-state index contributed by atoms with van der Waals surface area (Å²) in [5.74, 6) is 1.26. The second-order valence-electron chi connectivity index (χ2n) is 8.30. The molecule has 3 aromatic heterocycles. The summed E-state index contributed by atoms with van der Waals surface area (Å²) >= 11 is 0. The zero-order valence-corrected chi connectivity index (χ0v) is 18.8. The number of hydrogen-bond donors (Lipinski definition) is 2. The molecule has 1 aliphatic heterocycles. The number of carbonyl (C=O) groups excluding carboxylic acids is 1. The van der Waals surface area contributed by atoms with Gasteiger partial charge in [-0.3, -0.25) is 0 Å². The van der Waals surface area contributed by atoms with E-state index in [1.165, 1.54) is 0 Å². The van der Waals surface area contributed by atoms with Crippen LogP contribution in [0.1, 0.15) is 48.3 Å². The van der Waals surface area contributed by atoms with Crippen molar-refractivity contribution < 1.29 is 19.0 Å². The Bertz CT molecular complexity index is 1180. The number of nitrogens with one attached hydrogen (secondary N) is 1. The van der Waals surface area contributed by atoms with Gasteiger partial charge in [0, 0.05) is 31.0 Å². The van der Waals surface area contributed by atoms with E-state index in [4.69, 9.17) is 19.9 Å². The second kappa shape index (κ2) is 8.33. The topological polar surface area (TPSA) is 121 Å². The molecular formula is C23H27N5O4. The van der Waals surface area contributed by atoms with Crippen molar-refractivity contribution in [1.82, 2.24) is 15.0 Å². The van der Waals surface area contributed by atoms with E-state index in [9.17, 15) is 4.79 Å². The number of carbonyl (C=O) groups is 1. The van der Waals surface area contributed by atoms with E-state index in [0.717, 1.165) is 16.3 Å². The SMILES string of the molecule is COC[C@](C)(N)c1cnc(OC)c2cnc(Nc3ccc4c(n3)[C@H](C)[C@H](C)OC4=O)cc12. The highest BCUT2D eigenvalue weighted by Crippen LogP contribution is 2.34. The molecule has 4 rings (SSSR count). The lowest BCUT2D eigenvalue weighted by Crippen LogP contribution is -2.38. The molecule has 0 aliphatic carbocycles. The fourth-order valence-corrected chi connectivity index (χ4v) is 3.93. The first-order valence-corrected chi connectivity index (χ1v) is 10.3. The van der Waals surface area contributed by atoms with Crippen molar-refractivity contribution in [2.75, 3.05) is 26.1 Å². The lowest BCUT2D eigenvalue weighted by atomic mass is 9.91. The lowest BCUT2D eigenvalue weighted by Gasteiger charge is -2.27. The summed E-state index contributed by atoms with van der Waals surface area (Å²) in [5, 5.41) is 4.83. The number of nitrogens with two attached hydrogens (primary N) is 1. The van der Waals surface area contributed by atoms with E-state index < -0.39 is 5.54 Å². The van der Waals surface area contributed by atoms with Crippen LogP contribution in [0.4, 0.5) is 11.6 Å². The molecule has 168 valence electrons. The molecule has 0 unspecified atom stereocenters. The highest BCUT2D eigenvalue weighted by molar-refractivity contribution is 5.93. The van der Waals surface area contributed by atoms with Gasteiger partial charge in [-0.25, -0.2) is 19.7 Å². The minimum absolute atomic E-state index is 0.0112. The molecule has 0 aromatic carbocycles. The number of cyclic esters (lactones) is 1. The molecule has 0 radical (unpaired) electrons. The molecule has 3 atom stereocenters. The average molecular weight is 438 g/mol. The molecule has 0 spiro atoms. The van der Waals surface area contributed by atoms with Crippen molar-refractivity contribution >= 4 is 28.4 Å². The number of ether oxygens (including phenoxy) is 3. The van der Waals surface area contributed by atoms with Crippen LogP contribution >= 0.6 is 0 Å². The Hall–Kier alpha value is -3.30. The first-order chi connectivity index (χ1) is 15.2. The van der Waals surface area contributed by atoms with Gasteiger partial charge < -0.3 is 25.3 Å². The number of anilines is 2. The Labute approximate surface area is 186 Å². The van der Waals surface area contributed by atoms with Crippen LogP contribution in [0.2, 0.25) is 0 Å². The fraction of sp³-hybridized carbons (Fsp3) is 0.391. The van der Waals surface area contributed by atoms with Gasteiger partial charge in [-0.1, -0.05) is 6.92 Å². The Morgan fingerprint density at radius 1 is 1.16 bits per heavy atom. The Morgan fingerprint density at radius 2 is 1.94 bits per heavy atom. The summed E-state index contributed by atoms with van der Waals surface area (Å²) in [6, 6.07) is 5.35. The largest absolute Gasteiger partial charge is 0.481 e. The molecular weight excluding hydrogens is 410 g/mol. The van der Waals surface area contributed by atoms with Crippen molar-refractivity contribution in [3.63, 3.8) is 0 Å². The highest BCUT2D eigenvalue weighted by atomic mass is 16.5. The molecule has 4 heterocycles. The number of methoxy groups -OCH3 is 2. The van der Waals surface area contributed by atoms with Crippen LogP contribution in [0.3, 0.4) is 0 Å². The summed E-state index contributed by atoms with van der Waals surface area (Å²) in [5.41, 5.74) is 7.77. The maximum absolute atomic E-state index is 12.2. The van der Waals surface area contributed by atoms with Gasteiger partial charge in [0.15, 0.2) is 0 Å². The number of hydrogen-bond acceptors (Lipinski definition) is 9. The van der Waals surface area contributed by atoms with Crippen molar-refractivity contribution in [1.29, 1.82) is 0 Å². The van der Waals surface area contributed by atoms with Gasteiger partial charge in [-0.05, 0) is 37.4 Å². The standard InChI is InChI=1S/C23H27N5O4/c1-12-13(2)32-22(29)14-6-7-18(28-20(12)14)27-19-8-15-16(9-25-19)21(31-5)26-10-17(15)23(3,24)11-30-4/h6-10,12-13H,11,24H2,1-5H3,(H,25,27,28)/t12-,13+,23+/m1/s1. The van der Waals surface area contributed by atoms with Crippen molar-refractivity contribution in [2.45, 2.75) is 38.3 Å². The Kier molecular flexibility index (Phi) is 5.70. The summed E-state index contributed by atoms with van der Waals surface area (Å²) in [4.78, 5) is 25.7. The normalized spacial score (nSPS) is 19.8. The quantitative estimate of drug-likeness (QED) is 0.560. The molecule has 0 fully saturated rings. The van der Waals surface area contributed by atoms with Gasteiger partial charge in [0.2, 0.25) is 5.88 Å². The molecule has 1 aliphatic rings. The third-order valence-electron chi connectivity index (χ3n) is 5.82. The molecule has 3 aromatic rings. The molecule has 9 nitrogen and oxygen atoms in total. The van der Waals surface area contributed by atoms with Gasteiger partial charge in [0.05, 0.1) is 35.9 Å². The fourth-order valence-electron chi connectivity index (χ4n) is 3.93. The number of rotatable bonds is 6. The molecule has 3 N–H and O–H groups in total. The predicted octanol–water partition coefficient (Wildman–Crippen LogP) is 3.26. The van der Waals surface area contributed by atoms with Gasteiger partial charge in [-0.2, -0.15) is 0 Å². The lowest BCUT2D eigenvalue weighted by molar-refractivity contribution is 0.0235. The average Bonchev–Trinajstić information content (AvgIpc) is 2.76. The van der Waals surface area contributed by atoms with Crippen LogP contribution in [0.5, 0.6) is 5.88 Å². The zero-order chi connectivity index (χ0) is 23.0. The third kappa shape index (κ3) is 3.85. The van der Waals surface area contributed by atoms with Crippen LogP contribution in [0.15, 0.2) is 30.6 Å². The van der Waals surface area contributed by atoms with Crippen LogP contribution in [-0.4, -0.2) is 47.9 Å². The van der Waals surface area contributed by atoms with Crippen LogP contribution in [-0.2, 0) is 15.0 Å². The first kappa shape index (κ1) is 21.9. The van der Waals surface area contributed by atoms with Gasteiger partial charge >= 0.3 is 5.97 Å². The number of aromatic nitrogens is 3. The van der Waals surface area contributed by atoms with E-state index in [0.29, 0.717) is 35.4 Å². The maximum Gasteiger partial charge on any atom is 0.340 e. The first-order valence-electron chi connectivity index (χ1n) is 10.3. The van der Waals surface area contributed by atoms with Gasteiger partial charge in [0.25, 0.3) is 0 Å². The highest BCUT2D eigenvalue weighted by Gasteiger charge is 2.31. The molecule has 32 heavy (non-hydrogen) atoms. The van der Waals surface area contributed by atoms with Crippen molar-refractivity contribution in [3.05, 3.63) is 47.4 Å². The number of fused-ring (bicyclic) bond motifs is 2. The molecule has 0 bridgehead atoms. The Morgan fingerprint density at radius 3 is 2.66 bits per heavy atom. The second-order valence-corrected chi connectivity index (χ2v) is 8.30. The van der Waals surface area contributed by atoms with E-state index in [2.05, 4.69) is 20.3 Å². The smallest absolute Gasteiger partial charge is 0.340 e. The van der Waals surface area contributed by atoms with E-state index in [-0.39, 0.29) is 18.0 Å². The monoisotopic (exact) mass is 437 g/mol. The minimum Gasteiger partial charge on any atom is -0.481 e.